The van der Waals surface area contributed by atoms with Crippen LogP contribution in [0.3, 0.4) is 0 Å². The minimum Gasteiger partial charge on any atom is -0.459 e. The molecule has 0 unspecified atom stereocenters. The molecule has 6 nitrogen and oxygen atoms in total. The first kappa shape index (κ1) is 19.1. The van der Waals surface area contributed by atoms with Crippen LogP contribution in [0.1, 0.15) is 21.8 Å². The topological polar surface area (TPSA) is 75.4 Å². The molecule has 0 fully saturated rings. The van der Waals surface area contributed by atoms with Gasteiger partial charge in [-0.2, -0.15) is 11.3 Å². The average Bonchev–Trinajstić information content (AvgIpc) is 3.50. The molecule has 3 heterocycles. The zero-order chi connectivity index (χ0) is 20.1. The summed E-state index contributed by atoms with van der Waals surface area (Å²) in [5, 5.41) is 8.93. The van der Waals surface area contributed by atoms with Crippen LogP contribution >= 0.6 is 22.7 Å². The van der Waals surface area contributed by atoms with Crippen molar-refractivity contribution in [3.8, 4) is 0 Å². The van der Waals surface area contributed by atoms with Gasteiger partial charge in [0, 0.05) is 11.1 Å². The summed E-state index contributed by atoms with van der Waals surface area (Å²) < 4.78 is 5.07. The first-order valence-electron chi connectivity index (χ1n) is 8.85. The highest BCUT2D eigenvalue weighted by atomic mass is 32.1. The largest absolute Gasteiger partial charge is 0.459 e. The van der Waals surface area contributed by atoms with E-state index in [-0.39, 0.29) is 24.0 Å². The van der Waals surface area contributed by atoms with E-state index in [1.165, 1.54) is 17.6 Å². The Hall–Kier alpha value is -3.23. The predicted molar refractivity (Wildman–Crippen MR) is 114 cm³/mol. The van der Waals surface area contributed by atoms with Gasteiger partial charge in [-0.1, -0.05) is 18.2 Å². The van der Waals surface area contributed by atoms with E-state index in [1.54, 1.807) is 33.7 Å². The third-order valence-electron chi connectivity index (χ3n) is 4.14. The van der Waals surface area contributed by atoms with Crippen LogP contribution in [0.2, 0.25) is 0 Å². The summed E-state index contributed by atoms with van der Waals surface area (Å²) in [4.78, 5) is 31.2. The van der Waals surface area contributed by atoms with Crippen molar-refractivity contribution in [1.29, 1.82) is 0 Å². The molecule has 0 aliphatic carbocycles. The van der Waals surface area contributed by atoms with Gasteiger partial charge < -0.3 is 9.32 Å². The van der Waals surface area contributed by atoms with Crippen LogP contribution < -0.4 is 10.2 Å². The van der Waals surface area contributed by atoms with Crippen molar-refractivity contribution in [3.05, 3.63) is 88.0 Å². The van der Waals surface area contributed by atoms with Gasteiger partial charge in [0.15, 0.2) is 10.9 Å². The zero-order valence-corrected chi connectivity index (χ0v) is 16.9. The molecule has 0 spiro atoms. The van der Waals surface area contributed by atoms with Crippen molar-refractivity contribution in [2.24, 2.45) is 0 Å². The Morgan fingerprint density at radius 1 is 1.07 bits per heavy atom. The molecule has 1 N–H and O–H groups in total. The zero-order valence-electron chi connectivity index (χ0n) is 15.3. The number of thiazole rings is 1. The first-order chi connectivity index (χ1) is 14.2. The molecule has 0 aliphatic heterocycles. The van der Waals surface area contributed by atoms with Crippen LogP contribution in [-0.4, -0.2) is 16.8 Å². The number of rotatable bonds is 7. The summed E-state index contributed by atoms with van der Waals surface area (Å²) in [6, 6.07) is 14.8. The number of furan rings is 1. The first-order valence-corrected chi connectivity index (χ1v) is 10.7. The third-order valence-corrected chi connectivity index (χ3v) is 5.68. The van der Waals surface area contributed by atoms with Gasteiger partial charge >= 0.3 is 0 Å². The number of thiophene rings is 1. The number of nitrogens with one attached hydrogen (secondary N) is 1. The number of hydrogen-bond acceptors (Lipinski definition) is 6. The molecular formula is C21H17N3O3S2. The molecule has 0 aliphatic rings. The number of benzene rings is 1. The smallest absolute Gasteiger partial charge is 0.293 e. The summed E-state index contributed by atoms with van der Waals surface area (Å²) in [5.41, 5.74) is 2.53. The predicted octanol–water partition coefficient (Wildman–Crippen LogP) is 4.83. The van der Waals surface area contributed by atoms with E-state index in [2.05, 4.69) is 10.3 Å². The van der Waals surface area contributed by atoms with E-state index in [4.69, 9.17) is 4.42 Å². The number of carbonyl (C=O) groups excluding carboxylic acids is 2. The molecule has 0 bridgehead atoms. The normalized spacial score (nSPS) is 10.6. The van der Waals surface area contributed by atoms with Crippen LogP contribution in [0.15, 0.2) is 75.4 Å². The molecule has 4 aromatic rings. The lowest BCUT2D eigenvalue weighted by Crippen LogP contribution is -2.31. The number of amides is 2. The van der Waals surface area contributed by atoms with E-state index in [0.717, 1.165) is 11.3 Å². The maximum atomic E-state index is 13.0. The highest BCUT2D eigenvalue weighted by molar-refractivity contribution is 7.14. The van der Waals surface area contributed by atoms with Gasteiger partial charge in [0.05, 0.1) is 24.9 Å². The van der Waals surface area contributed by atoms with E-state index in [9.17, 15) is 9.59 Å². The van der Waals surface area contributed by atoms with E-state index in [1.807, 2.05) is 47.2 Å². The van der Waals surface area contributed by atoms with E-state index < -0.39 is 0 Å². The minimum atomic E-state index is -0.370. The molecule has 0 saturated heterocycles. The second-order valence-electron chi connectivity index (χ2n) is 6.20. The summed E-state index contributed by atoms with van der Waals surface area (Å²) in [6.07, 6.45) is 1.58. The lowest BCUT2D eigenvalue weighted by atomic mass is 10.2. The summed E-state index contributed by atoms with van der Waals surface area (Å²) in [6.45, 7) is 0.499. The molecule has 29 heavy (non-hydrogen) atoms. The SMILES string of the molecule is O=C(Nc1nc(CC(=O)N(Cc2ccsc2)c2ccccc2)cs1)c1ccco1. The number of aromatic nitrogens is 1. The van der Waals surface area contributed by atoms with Crippen molar-refractivity contribution in [1.82, 2.24) is 4.98 Å². The quantitative estimate of drug-likeness (QED) is 0.462. The van der Waals surface area contributed by atoms with E-state index >= 15 is 0 Å². The van der Waals surface area contributed by atoms with Crippen molar-refractivity contribution < 1.29 is 14.0 Å². The van der Waals surface area contributed by atoms with Gasteiger partial charge in [-0.15, -0.1) is 11.3 Å². The Labute approximate surface area is 175 Å². The van der Waals surface area contributed by atoms with Gasteiger partial charge in [0.1, 0.15) is 0 Å². The number of hydrogen-bond donors (Lipinski definition) is 1. The molecule has 4 rings (SSSR count). The van der Waals surface area contributed by atoms with E-state index in [0.29, 0.717) is 17.4 Å². The van der Waals surface area contributed by atoms with Gasteiger partial charge in [0.2, 0.25) is 5.91 Å². The Balaban J connectivity index is 1.46. The van der Waals surface area contributed by atoms with Crippen molar-refractivity contribution >= 4 is 45.3 Å². The number of para-hydroxylation sites is 1. The number of carbonyl (C=O) groups is 2. The molecule has 0 radical (unpaired) electrons. The monoisotopic (exact) mass is 423 g/mol. The molecule has 8 heteroatoms. The lowest BCUT2D eigenvalue weighted by molar-refractivity contribution is -0.118. The number of nitrogens with zero attached hydrogens (tertiary/aromatic N) is 2. The Morgan fingerprint density at radius 3 is 2.66 bits per heavy atom. The van der Waals surface area contributed by atoms with Crippen LogP contribution in [0.4, 0.5) is 10.8 Å². The standard InChI is InChI=1S/C21H17N3O3S2/c25-19(24(12-15-8-10-28-13-15)17-5-2-1-3-6-17)11-16-14-29-21(22-16)23-20(26)18-7-4-9-27-18/h1-10,13-14H,11-12H2,(H,22,23,26). The Kier molecular flexibility index (Phi) is 5.83. The minimum absolute atomic E-state index is 0.0587. The van der Waals surface area contributed by atoms with Crippen LogP contribution in [0.25, 0.3) is 0 Å². The Morgan fingerprint density at radius 2 is 1.93 bits per heavy atom. The maximum Gasteiger partial charge on any atom is 0.293 e. The summed E-state index contributed by atoms with van der Waals surface area (Å²) >= 11 is 2.88. The van der Waals surface area contributed by atoms with Gasteiger partial charge in [-0.25, -0.2) is 4.98 Å². The fourth-order valence-corrected chi connectivity index (χ4v) is 4.12. The molecule has 0 saturated carbocycles. The van der Waals surface area contributed by atoms with Crippen molar-refractivity contribution in [2.75, 3.05) is 10.2 Å². The van der Waals surface area contributed by atoms with Gasteiger partial charge in [-0.05, 0) is 46.7 Å². The fraction of sp³-hybridized carbons (Fsp3) is 0.0952. The molecule has 146 valence electrons. The summed E-state index contributed by atoms with van der Waals surface area (Å²) in [5.74, 6) is -0.217. The highest BCUT2D eigenvalue weighted by Crippen LogP contribution is 2.22. The Bertz CT molecular complexity index is 1070. The molecular weight excluding hydrogens is 406 g/mol. The second-order valence-corrected chi connectivity index (χ2v) is 7.84. The van der Waals surface area contributed by atoms with Gasteiger partial charge in [-0.3, -0.25) is 14.9 Å². The lowest BCUT2D eigenvalue weighted by Gasteiger charge is -2.22. The average molecular weight is 424 g/mol. The van der Waals surface area contributed by atoms with Crippen LogP contribution in [0, 0.1) is 0 Å². The molecule has 2 amide bonds. The summed E-state index contributed by atoms with van der Waals surface area (Å²) in [7, 11) is 0. The molecule has 3 aromatic heterocycles. The van der Waals surface area contributed by atoms with Crippen LogP contribution in [0.5, 0.6) is 0 Å². The van der Waals surface area contributed by atoms with Gasteiger partial charge in [0.25, 0.3) is 5.91 Å². The van der Waals surface area contributed by atoms with Crippen LogP contribution in [-0.2, 0) is 17.8 Å². The maximum absolute atomic E-state index is 13.0. The third kappa shape index (κ3) is 4.79. The van der Waals surface area contributed by atoms with Crippen molar-refractivity contribution in [2.45, 2.75) is 13.0 Å². The van der Waals surface area contributed by atoms with Crippen molar-refractivity contribution in [3.63, 3.8) is 0 Å². The highest BCUT2D eigenvalue weighted by Gasteiger charge is 2.19. The fourth-order valence-electron chi connectivity index (χ4n) is 2.76. The molecule has 1 aromatic carbocycles. The second kappa shape index (κ2) is 8.85. The molecule has 0 atom stereocenters. The number of anilines is 2.